The van der Waals surface area contributed by atoms with Crippen LogP contribution in [0.1, 0.15) is 20.7 Å². The number of methoxy groups -OCH3 is 1. The number of ether oxygens (including phenoxy) is 3. The first-order chi connectivity index (χ1) is 10.7. The van der Waals surface area contributed by atoms with E-state index in [4.69, 9.17) is 14.2 Å². The molecule has 3 aliphatic rings. The number of carbonyl (C=O) groups is 2. The van der Waals surface area contributed by atoms with E-state index >= 15 is 0 Å². The fourth-order valence-corrected chi connectivity index (χ4v) is 3.28. The molecule has 2 saturated heterocycles. The van der Waals surface area contributed by atoms with Gasteiger partial charge in [-0.15, -0.1) is 0 Å². The molecule has 2 fully saturated rings. The molecule has 0 aliphatic carbocycles. The van der Waals surface area contributed by atoms with Gasteiger partial charge in [0.05, 0.1) is 17.7 Å². The molecule has 4 unspecified atom stereocenters. The van der Waals surface area contributed by atoms with Gasteiger partial charge < -0.3 is 19.3 Å². The molecule has 5 atom stereocenters. The highest BCUT2D eigenvalue weighted by Gasteiger charge is 2.62. The highest BCUT2D eigenvalue weighted by Crippen LogP contribution is 2.42. The van der Waals surface area contributed by atoms with Gasteiger partial charge in [0, 0.05) is 7.11 Å². The number of imide groups is 1. The van der Waals surface area contributed by atoms with Gasteiger partial charge in [-0.05, 0) is 12.1 Å². The predicted octanol–water partition coefficient (Wildman–Crippen LogP) is -0.218. The summed E-state index contributed by atoms with van der Waals surface area (Å²) >= 11 is 0. The van der Waals surface area contributed by atoms with Crippen LogP contribution in [-0.4, -0.2) is 66.2 Å². The summed E-state index contributed by atoms with van der Waals surface area (Å²) in [6.45, 7) is -0.199. The van der Waals surface area contributed by atoms with Gasteiger partial charge >= 0.3 is 0 Å². The molecule has 22 heavy (non-hydrogen) atoms. The number of rotatable bonds is 3. The Hall–Kier alpha value is -1.80. The standard InChI is InChI=1S/C15H15NO6/c1-20-15-10(12-11(22-12)9(6-17)21-15)16-13(18)7-4-2-3-5-8(7)14(16)19/h2-5,9-12,15,17H,6H2,1H3/t9?,10-,11?,12?,15?/m0/s1. The predicted molar refractivity (Wildman–Crippen MR) is 72.1 cm³/mol. The van der Waals surface area contributed by atoms with Crippen LogP contribution in [0.2, 0.25) is 0 Å². The minimum atomic E-state index is -0.817. The minimum absolute atomic E-state index is 0.199. The van der Waals surface area contributed by atoms with Gasteiger partial charge in [0.15, 0.2) is 6.29 Å². The molecule has 3 heterocycles. The van der Waals surface area contributed by atoms with Crippen LogP contribution in [0.4, 0.5) is 0 Å². The van der Waals surface area contributed by atoms with E-state index in [1.165, 1.54) is 7.11 Å². The van der Waals surface area contributed by atoms with Crippen LogP contribution >= 0.6 is 0 Å². The summed E-state index contributed by atoms with van der Waals surface area (Å²) < 4.78 is 16.4. The number of benzene rings is 1. The van der Waals surface area contributed by atoms with Crippen LogP contribution in [0.15, 0.2) is 24.3 Å². The maximum Gasteiger partial charge on any atom is 0.262 e. The van der Waals surface area contributed by atoms with Crippen molar-refractivity contribution in [3.05, 3.63) is 35.4 Å². The zero-order chi connectivity index (χ0) is 15.4. The summed E-state index contributed by atoms with van der Waals surface area (Å²) in [5.41, 5.74) is 0.757. The number of aliphatic hydroxyl groups excluding tert-OH is 1. The largest absolute Gasteiger partial charge is 0.394 e. The summed E-state index contributed by atoms with van der Waals surface area (Å²) in [6, 6.07) is 6.05. The molecule has 0 saturated carbocycles. The molecule has 0 bridgehead atoms. The van der Waals surface area contributed by atoms with Crippen LogP contribution < -0.4 is 0 Å². The maximum absolute atomic E-state index is 12.6. The van der Waals surface area contributed by atoms with E-state index in [9.17, 15) is 14.7 Å². The number of hydrogen-bond acceptors (Lipinski definition) is 6. The number of aliphatic hydroxyl groups is 1. The number of nitrogens with zero attached hydrogens (tertiary/aromatic N) is 1. The van der Waals surface area contributed by atoms with Gasteiger partial charge in [0.25, 0.3) is 11.8 Å². The van der Waals surface area contributed by atoms with Crippen LogP contribution in [0.5, 0.6) is 0 Å². The van der Waals surface area contributed by atoms with E-state index in [1.807, 2.05) is 0 Å². The number of hydrogen-bond donors (Lipinski definition) is 1. The highest BCUT2D eigenvalue weighted by molar-refractivity contribution is 6.21. The molecule has 0 spiro atoms. The number of epoxide rings is 1. The average molecular weight is 305 g/mol. The molecule has 0 radical (unpaired) electrons. The Morgan fingerprint density at radius 1 is 1.14 bits per heavy atom. The van der Waals surface area contributed by atoms with Crippen molar-refractivity contribution < 1.29 is 28.9 Å². The molecule has 116 valence electrons. The smallest absolute Gasteiger partial charge is 0.262 e. The Balaban J connectivity index is 1.68. The lowest BCUT2D eigenvalue weighted by molar-refractivity contribution is -0.201. The molecule has 2 amide bonds. The Morgan fingerprint density at radius 2 is 1.77 bits per heavy atom. The highest BCUT2D eigenvalue weighted by atomic mass is 16.7. The molecular weight excluding hydrogens is 290 g/mol. The summed E-state index contributed by atoms with van der Waals surface area (Å²) in [5.74, 6) is -0.735. The van der Waals surface area contributed by atoms with Gasteiger partial charge in [-0.2, -0.15) is 0 Å². The molecule has 1 aromatic carbocycles. The monoisotopic (exact) mass is 305 g/mol. The average Bonchev–Trinajstić information content (AvgIpc) is 3.30. The normalized spacial score (nSPS) is 36.3. The zero-order valence-corrected chi connectivity index (χ0v) is 11.8. The van der Waals surface area contributed by atoms with Crippen molar-refractivity contribution in [2.24, 2.45) is 0 Å². The Bertz CT molecular complexity index is 612. The quantitative estimate of drug-likeness (QED) is 0.613. The Labute approximate surface area is 126 Å². The third-order valence-corrected chi connectivity index (χ3v) is 4.39. The van der Waals surface area contributed by atoms with E-state index in [2.05, 4.69) is 0 Å². The van der Waals surface area contributed by atoms with Crippen LogP contribution in [0.25, 0.3) is 0 Å². The Morgan fingerprint density at radius 3 is 2.32 bits per heavy atom. The maximum atomic E-state index is 12.6. The van der Waals surface area contributed by atoms with Crippen molar-refractivity contribution in [1.29, 1.82) is 0 Å². The van der Waals surface area contributed by atoms with E-state index in [0.29, 0.717) is 11.1 Å². The first-order valence-corrected chi connectivity index (χ1v) is 7.09. The first-order valence-electron chi connectivity index (χ1n) is 7.09. The second kappa shape index (κ2) is 4.85. The number of carbonyl (C=O) groups excluding carboxylic acids is 2. The zero-order valence-electron chi connectivity index (χ0n) is 11.8. The van der Waals surface area contributed by atoms with Gasteiger partial charge in [-0.25, -0.2) is 0 Å². The minimum Gasteiger partial charge on any atom is -0.394 e. The molecule has 0 aromatic heterocycles. The molecule has 3 aliphatic heterocycles. The number of fused-ring (bicyclic) bond motifs is 2. The lowest BCUT2D eigenvalue weighted by atomic mass is 10.0. The fraction of sp³-hybridized carbons (Fsp3) is 0.467. The second-order valence-electron chi connectivity index (χ2n) is 5.54. The summed E-state index contributed by atoms with van der Waals surface area (Å²) in [6.07, 6.45) is -1.99. The number of amides is 2. The fourth-order valence-electron chi connectivity index (χ4n) is 3.28. The van der Waals surface area contributed by atoms with Crippen molar-refractivity contribution >= 4 is 11.8 Å². The molecule has 7 nitrogen and oxygen atoms in total. The lowest BCUT2D eigenvalue weighted by Gasteiger charge is -2.36. The summed E-state index contributed by atoms with van der Waals surface area (Å²) in [7, 11) is 1.44. The molecule has 1 aromatic rings. The van der Waals surface area contributed by atoms with Crippen molar-refractivity contribution in [2.45, 2.75) is 30.6 Å². The molecule has 7 heteroatoms. The third-order valence-electron chi connectivity index (χ3n) is 4.39. The molecule has 1 N–H and O–H groups in total. The van der Waals surface area contributed by atoms with E-state index in [1.54, 1.807) is 24.3 Å². The third kappa shape index (κ3) is 1.77. The summed E-state index contributed by atoms with van der Waals surface area (Å²) in [4.78, 5) is 26.3. The van der Waals surface area contributed by atoms with Crippen LogP contribution in [0, 0.1) is 0 Å². The Kier molecular flexibility index (Phi) is 3.05. The summed E-state index contributed by atoms with van der Waals surface area (Å²) in [5, 5.41) is 9.29. The lowest BCUT2D eigenvalue weighted by Crippen LogP contribution is -2.57. The van der Waals surface area contributed by atoms with Crippen LogP contribution in [0.3, 0.4) is 0 Å². The molecule has 4 rings (SSSR count). The van der Waals surface area contributed by atoms with Gasteiger partial charge in [0.1, 0.15) is 24.4 Å². The van der Waals surface area contributed by atoms with Crippen molar-refractivity contribution in [3.8, 4) is 0 Å². The van der Waals surface area contributed by atoms with Gasteiger partial charge in [0.2, 0.25) is 0 Å². The van der Waals surface area contributed by atoms with E-state index < -0.39 is 18.4 Å². The van der Waals surface area contributed by atoms with Crippen molar-refractivity contribution in [2.75, 3.05) is 13.7 Å². The van der Waals surface area contributed by atoms with Crippen molar-refractivity contribution in [1.82, 2.24) is 4.90 Å². The van der Waals surface area contributed by atoms with Gasteiger partial charge in [-0.1, -0.05) is 12.1 Å². The molecular formula is C15H15NO6. The van der Waals surface area contributed by atoms with E-state index in [0.717, 1.165) is 4.90 Å². The first kappa shape index (κ1) is 13.8. The van der Waals surface area contributed by atoms with Gasteiger partial charge in [-0.3, -0.25) is 14.5 Å². The van der Waals surface area contributed by atoms with Crippen molar-refractivity contribution in [3.63, 3.8) is 0 Å². The van der Waals surface area contributed by atoms with Crippen LogP contribution in [-0.2, 0) is 14.2 Å². The van der Waals surface area contributed by atoms with E-state index in [-0.39, 0.29) is 30.6 Å². The second-order valence-corrected chi connectivity index (χ2v) is 5.54. The topological polar surface area (TPSA) is 88.6 Å². The SMILES string of the molecule is COC1OC(CO)C2OC2[C@@H]1N1C(=O)c2ccccc2C1=O.